The Morgan fingerprint density at radius 1 is 1.03 bits per heavy atom. The number of ether oxygens (including phenoxy) is 1. The van der Waals surface area contributed by atoms with Crippen molar-refractivity contribution in [2.24, 2.45) is 0 Å². The Kier molecular flexibility index (Phi) is 6.89. The van der Waals surface area contributed by atoms with E-state index in [1.54, 1.807) is 45.2 Å². The molecule has 3 N–H and O–H groups in total. The summed E-state index contributed by atoms with van der Waals surface area (Å²) in [4.78, 5) is 16.8. The molecule has 0 aliphatic heterocycles. The van der Waals surface area contributed by atoms with Gasteiger partial charge in [-0.3, -0.25) is 9.97 Å². The minimum atomic E-state index is -2.81. The predicted octanol–water partition coefficient (Wildman–Crippen LogP) is 5.37. The molecule has 0 unspecified atom stereocenters. The van der Waals surface area contributed by atoms with Gasteiger partial charge in [-0.05, 0) is 68.8 Å². The number of anilines is 1. The third kappa shape index (κ3) is 5.44. The molecule has 186 valence electrons. The zero-order valence-electron chi connectivity index (χ0n) is 19.8. The Hall–Kier alpha value is -4.05. The number of nitrogen functional groups attached to an aromatic ring is 1. The quantitative estimate of drug-likeness (QED) is 0.355. The maximum atomic E-state index is 13.6. The fraction of sp³-hybridized carbons (Fsp3) is 0.231. The molecule has 0 fully saturated rings. The molecular weight excluding hydrogens is 471 g/mol. The number of hydrogen-bond donors (Lipinski definition) is 2. The molecule has 0 atom stereocenters. The second-order valence-corrected chi connectivity index (χ2v) is 8.69. The molecule has 7 nitrogen and oxygen atoms in total. The van der Waals surface area contributed by atoms with Crippen LogP contribution in [0.3, 0.4) is 0 Å². The van der Waals surface area contributed by atoms with Crippen LogP contribution in [0.4, 0.5) is 19.1 Å². The minimum absolute atomic E-state index is 0.0139. The van der Waals surface area contributed by atoms with Gasteiger partial charge in [-0.1, -0.05) is 6.07 Å². The molecule has 3 heterocycles. The van der Waals surface area contributed by atoms with E-state index in [2.05, 4.69) is 19.9 Å². The summed E-state index contributed by atoms with van der Waals surface area (Å²) in [5, 5.41) is 10.5. The van der Waals surface area contributed by atoms with Crippen molar-refractivity contribution in [3.8, 4) is 28.3 Å². The standard InChI is InChI=1S/C26H24F3N5O2/c1-14-11-16(12-19(32-14)23(28)29)21-22(15-6-8-17(27)9-7-15)33-25(30)34-24(21)36-13-20-18(26(2,3)35)5-4-10-31-20/h4-12,23,35H,13H2,1-3H3,(H2,30,33,34). The molecule has 0 radical (unpaired) electrons. The highest BCUT2D eigenvalue weighted by molar-refractivity contribution is 5.85. The summed E-state index contributed by atoms with van der Waals surface area (Å²) in [6.07, 6.45) is -1.24. The van der Waals surface area contributed by atoms with Crippen LogP contribution in [-0.2, 0) is 12.2 Å². The van der Waals surface area contributed by atoms with E-state index in [0.717, 1.165) is 0 Å². The average molecular weight is 496 g/mol. The monoisotopic (exact) mass is 495 g/mol. The molecule has 3 aromatic heterocycles. The second-order valence-electron chi connectivity index (χ2n) is 8.69. The van der Waals surface area contributed by atoms with Crippen molar-refractivity contribution in [3.05, 3.63) is 83.2 Å². The molecule has 36 heavy (non-hydrogen) atoms. The van der Waals surface area contributed by atoms with Gasteiger partial charge in [0.2, 0.25) is 11.8 Å². The number of aromatic nitrogens is 4. The topological polar surface area (TPSA) is 107 Å². The van der Waals surface area contributed by atoms with Crippen molar-refractivity contribution < 1.29 is 23.0 Å². The number of nitrogens with zero attached hydrogens (tertiary/aromatic N) is 4. The van der Waals surface area contributed by atoms with Crippen LogP contribution in [0.1, 0.15) is 42.9 Å². The number of aryl methyl sites for hydroxylation is 1. The van der Waals surface area contributed by atoms with Gasteiger partial charge in [0.15, 0.2) is 0 Å². The summed E-state index contributed by atoms with van der Waals surface area (Å²) < 4.78 is 46.8. The first-order chi connectivity index (χ1) is 17.0. The molecule has 10 heteroatoms. The third-order valence-corrected chi connectivity index (χ3v) is 5.39. The number of halogens is 3. The Morgan fingerprint density at radius 3 is 2.42 bits per heavy atom. The zero-order chi connectivity index (χ0) is 26.0. The van der Waals surface area contributed by atoms with E-state index >= 15 is 0 Å². The smallest absolute Gasteiger partial charge is 0.280 e. The molecule has 0 bridgehead atoms. The maximum Gasteiger partial charge on any atom is 0.280 e. The first kappa shape index (κ1) is 25.1. The van der Waals surface area contributed by atoms with Crippen molar-refractivity contribution in [1.29, 1.82) is 0 Å². The van der Waals surface area contributed by atoms with Gasteiger partial charge in [-0.2, -0.15) is 4.98 Å². The van der Waals surface area contributed by atoms with Gasteiger partial charge >= 0.3 is 0 Å². The molecular formula is C26H24F3N5O2. The molecule has 4 aromatic rings. The number of benzene rings is 1. The second kappa shape index (κ2) is 9.90. The van der Waals surface area contributed by atoms with Crippen molar-refractivity contribution in [2.75, 3.05) is 5.73 Å². The number of hydrogen-bond acceptors (Lipinski definition) is 7. The van der Waals surface area contributed by atoms with Crippen LogP contribution in [0.15, 0.2) is 54.7 Å². The lowest BCUT2D eigenvalue weighted by Crippen LogP contribution is -2.20. The van der Waals surface area contributed by atoms with Crippen LogP contribution in [0.5, 0.6) is 5.88 Å². The van der Waals surface area contributed by atoms with E-state index in [0.29, 0.717) is 28.1 Å². The molecule has 0 spiro atoms. The summed E-state index contributed by atoms with van der Waals surface area (Å²) in [5.41, 5.74) is 7.09. The van der Waals surface area contributed by atoms with E-state index in [4.69, 9.17) is 10.5 Å². The summed E-state index contributed by atoms with van der Waals surface area (Å²) in [5.74, 6) is -0.565. The zero-order valence-corrected chi connectivity index (χ0v) is 19.8. The molecule has 0 saturated heterocycles. The molecule has 0 saturated carbocycles. The van der Waals surface area contributed by atoms with Crippen LogP contribution < -0.4 is 10.5 Å². The molecule has 0 aliphatic carbocycles. The summed E-state index contributed by atoms with van der Waals surface area (Å²) in [7, 11) is 0. The van der Waals surface area contributed by atoms with Crippen LogP contribution in [0.25, 0.3) is 22.4 Å². The van der Waals surface area contributed by atoms with Gasteiger partial charge in [-0.25, -0.2) is 18.2 Å². The van der Waals surface area contributed by atoms with Gasteiger partial charge < -0.3 is 15.6 Å². The number of alkyl halides is 2. The summed E-state index contributed by atoms with van der Waals surface area (Å²) in [6.45, 7) is 4.74. The third-order valence-electron chi connectivity index (χ3n) is 5.39. The normalized spacial score (nSPS) is 11.7. The number of aliphatic hydroxyl groups is 1. The summed E-state index contributed by atoms with van der Waals surface area (Å²) >= 11 is 0. The van der Waals surface area contributed by atoms with E-state index in [9.17, 15) is 18.3 Å². The van der Waals surface area contributed by atoms with Crippen molar-refractivity contribution in [2.45, 2.75) is 39.4 Å². The van der Waals surface area contributed by atoms with Gasteiger partial charge in [0.25, 0.3) is 6.43 Å². The fourth-order valence-corrected chi connectivity index (χ4v) is 3.84. The largest absolute Gasteiger partial charge is 0.471 e. The fourth-order valence-electron chi connectivity index (χ4n) is 3.84. The summed E-state index contributed by atoms with van der Waals surface area (Å²) in [6, 6.07) is 11.8. The highest BCUT2D eigenvalue weighted by Crippen LogP contribution is 2.39. The minimum Gasteiger partial charge on any atom is -0.471 e. The van der Waals surface area contributed by atoms with Gasteiger partial charge in [0.1, 0.15) is 18.1 Å². The predicted molar refractivity (Wildman–Crippen MR) is 129 cm³/mol. The first-order valence-corrected chi connectivity index (χ1v) is 11.0. The van der Waals surface area contributed by atoms with Crippen LogP contribution in [0.2, 0.25) is 0 Å². The van der Waals surface area contributed by atoms with Gasteiger partial charge in [-0.15, -0.1) is 0 Å². The number of pyridine rings is 2. The molecule has 0 aliphatic rings. The van der Waals surface area contributed by atoms with Gasteiger partial charge in [0.05, 0.1) is 22.6 Å². The maximum absolute atomic E-state index is 13.6. The highest BCUT2D eigenvalue weighted by atomic mass is 19.3. The number of rotatable bonds is 7. The van der Waals surface area contributed by atoms with E-state index in [1.807, 2.05) is 0 Å². The Morgan fingerprint density at radius 2 is 1.75 bits per heavy atom. The molecule has 4 rings (SSSR count). The van der Waals surface area contributed by atoms with E-state index < -0.39 is 23.5 Å². The average Bonchev–Trinajstić information content (AvgIpc) is 2.82. The van der Waals surface area contributed by atoms with Crippen LogP contribution in [0, 0.1) is 12.7 Å². The Bertz CT molecular complexity index is 1390. The lowest BCUT2D eigenvalue weighted by Gasteiger charge is -2.21. The van der Waals surface area contributed by atoms with E-state index in [-0.39, 0.29) is 29.7 Å². The highest BCUT2D eigenvalue weighted by Gasteiger charge is 2.24. The van der Waals surface area contributed by atoms with Crippen molar-refractivity contribution in [1.82, 2.24) is 19.9 Å². The van der Waals surface area contributed by atoms with E-state index in [1.165, 1.54) is 30.3 Å². The Balaban J connectivity index is 1.89. The van der Waals surface area contributed by atoms with Crippen LogP contribution in [-0.4, -0.2) is 25.0 Å². The molecule has 1 aromatic carbocycles. The van der Waals surface area contributed by atoms with Crippen molar-refractivity contribution >= 4 is 5.95 Å². The first-order valence-electron chi connectivity index (χ1n) is 11.0. The lowest BCUT2D eigenvalue weighted by molar-refractivity contribution is 0.0756. The molecule has 0 amide bonds. The number of nitrogens with two attached hydrogens (primary N) is 1. The SMILES string of the molecule is Cc1cc(-c2c(OCc3ncccc3C(C)(C)O)nc(N)nc2-c2ccc(F)cc2)cc(C(F)F)n1. The Labute approximate surface area is 205 Å². The van der Waals surface area contributed by atoms with Gasteiger partial charge in [0, 0.05) is 23.0 Å². The van der Waals surface area contributed by atoms with Crippen LogP contribution >= 0.6 is 0 Å². The van der Waals surface area contributed by atoms with Crippen molar-refractivity contribution in [3.63, 3.8) is 0 Å². The lowest BCUT2D eigenvalue weighted by atomic mass is 9.97.